The van der Waals surface area contributed by atoms with Crippen LogP contribution in [0, 0.1) is 23.7 Å². The van der Waals surface area contributed by atoms with E-state index in [-0.39, 0.29) is 24.5 Å². The maximum absolute atomic E-state index is 12.2. The number of nitriles is 1. The highest BCUT2D eigenvalue weighted by molar-refractivity contribution is 5.80. The lowest BCUT2D eigenvalue weighted by Gasteiger charge is -2.24. The molecule has 0 aliphatic carbocycles. The van der Waals surface area contributed by atoms with E-state index in [0.717, 1.165) is 6.42 Å². The quantitative estimate of drug-likeness (QED) is 0.435. The third kappa shape index (κ3) is 6.60. The van der Waals surface area contributed by atoms with Crippen molar-refractivity contribution in [3.8, 4) is 18.4 Å². The van der Waals surface area contributed by atoms with E-state index in [0.29, 0.717) is 32.2 Å². The molecule has 6 heteroatoms. The summed E-state index contributed by atoms with van der Waals surface area (Å²) in [6.45, 7) is 6.31. The van der Waals surface area contributed by atoms with Crippen molar-refractivity contribution in [3.63, 3.8) is 0 Å². The topological polar surface area (TPSA) is 82.4 Å². The van der Waals surface area contributed by atoms with Gasteiger partial charge in [0.1, 0.15) is 11.6 Å². The van der Waals surface area contributed by atoms with Crippen LogP contribution in [0.5, 0.6) is 0 Å². The van der Waals surface area contributed by atoms with Crippen molar-refractivity contribution in [2.75, 3.05) is 13.1 Å². The summed E-state index contributed by atoms with van der Waals surface area (Å²) in [5.41, 5.74) is -0.456. The summed E-state index contributed by atoms with van der Waals surface area (Å²) in [5, 5.41) is 12.1. The van der Waals surface area contributed by atoms with Gasteiger partial charge in [-0.05, 0) is 53.0 Å². The predicted molar refractivity (Wildman–Crippen MR) is 90.7 cm³/mol. The Morgan fingerprint density at radius 1 is 1.29 bits per heavy atom. The van der Waals surface area contributed by atoms with Gasteiger partial charge in [-0.2, -0.15) is 5.26 Å². The van der Waals surface area contributed by atoms with Crippen LogP contribution in [0.4, 0.5) is 0 Å². The van der Waals surface area contributed by atoms with E-state index in [9.17, 15) is 9.59 Å². The van der Waals surface area contributed by atoms with Gasteiger partial charge in [0.05, 0.1) is 18.7 Å². The number of terminal acetylenes is 1. The number of unbranched alkanes of at least 4 members (excludes halogenated alkanes) is 1. The molecule has 1 fully saturated rings. The molecule has 0 aromatic carbocycles. The minimum absolute atomic E-state index is 0.144. The molecule has 0 aromatic heterocycles. The van der Waals surface area contributed by atoms with Gasteiger partial charge in [-0.3, -0.25) is 9.59 Å². The van der Waals surface area contributed by atoms with Crippen molar-refractivity contribution in [1.29, 1.82) is 5.26 Å². The summed E-state index contributed by atoms with van der Waals surface area (Å²) in [6.07, 6.45) is 8.58. The highest BCUT2D eigenvalue weighted by atomic mass is 16.6. The molecular weight excluding hydrogens is 306 g/mol. The van der Waals surface area contributed by atoms with E-state index < -0.39 is 11.6 Å². The van der Waals surface area contributed by atoms with Gasteiger partial charge < -0.3 is 15.0 Å². The summed E-state index contributed by atoms with van der Waals surface area (Å²) in [7, 11) is 0. The lowest BCUT2D eigenvalue weighted by molar-refractivity contribution is -0.154. The van der Waals surface area contributed by atoms with E-state index in [1.807, 2.05) is 20.8 Å². The number of ether oxygens (including phenoxy) is 1. The van der Waals surface area contributed by atoms with Gasteiger partial charge in [-0.25, -0.2) is 0 Å². The maximum atomic E-state index is 12.2. The van der Waals surface area contributed by atoms with Crippen LogP contribution in [0.1, 0.15) is 52.9 Å². The molecule has 2 unspecified atom stereocenters. The molecule has 0 bridgehead atoms. The average Bonchev–Trinajstić information content (AvgIpc) is 2.91. The summed E-state index contributed by atoms with van der Waals surface area (Å²) in [6, 6.07) is 1.43. The molecule has 0 saturated carbocycles. The lowest BCUT2D eigenvalue weighted by atomic mass is 10.2. The Bertz CT molecular complexity index is 503. The molecule has 1 saturated heterocycles. The summed E-state index contributed by atoms with van der Waals surface area (Å²) in [5.74, 6) is 2.23. The average molecular weight is 333 g/mol. The van der Waals surface area contributed by atoms with Crippen molar-refractivity contribution < 1.29 is 14.3 Å². The van der Waals surface area contributed by atoms with E-state index in [1.165, 1.54) is 4.90 Å². The van der Waals surface area contributed by atoms with Crippen LogP contribution in [-0.2, 0) is 14.3 Å². The van der Waals surface area contributed by atoms with E-state index >= 15 is 0 Å². The van der Waals surface area contributed by atoms with Crippen LogP contribution in [0.2, 0.25) is 0 Å². The molecule has 1 rings (SSSR count). The predicted octanol–water partition coefficient (Wildman–Crippen LogP) is 1.60. The van der Waals surface area contributed by atoms with Gasteiger partial charge in [0.15, 0.2) is 0 Å². The Kier molecular flexibility index (Phi) is 7.74. The van der Waals surface area contributed by atoms with Gasteiger partial charge >= 0.3 is 5.97 Å². The molecule has 6 nitrogen and oxygen atoms in total. The second-order valence-electron chi connectivity index (χ2n) is 6.93. The highest BCUT2D eigenvalue weighted by Crippen LogP contribution is 2.23. The molecule has 0 aromatic rings. The van der Waals surface area contributed by atoms with E-state index in [1.54, 1.807) is 0 Å². The van der Waals surface area contributed by atoms with Crippen LogP contribution in [0.25, 0.3) is 0 Å². The van der Waals surface area contributed by atoms with Crippen LogP contribution in [-0.4, -0.2) is 47.6 Å². The Hall–Kier alpha value is -2.05. The fourth-order valence-corrected chi connectivity index (χ4v) is 2.65. The number of likely N-dealkylation sites (tertiary alicyclic amines) is 1. The van der Waals surface area contributed by atoms with Gasteiger partial charge in [0, 0.05) is 6.42 Å². The van der Waals surface area contributed by atoms with Gasteiger partial charge in [-0.1, -0.05) is 5.92 Å². The Labute approximate surface area is 144 Å². The molecule has 1 N–H and O–H groups in total. The Morgan fingerprint density at radius 3 is 2.54 bits per heavy atom. The maximum Gasteiger partial charge on any atom is 0.306 e. The zero-order chi connectivity index (χ0) is 18.2. The number of amides is 1. The Morgan fingerprint density at radius 2 is 1.96 bits per heavy atom. The first-order valence-electron chi connectivity index (χ1n) is 8.38. The minimum atomic E-state index is -0.456. The second-order valence-corrected chi connectivity index (χ2v) is 6.93. The number of hydrogen-bond donors (Lipinski definition) is 1. The number of carbonyl (C=O) groups excluding carboxylic acids is 2. The Balaban J connectivity index is 2.21. The summed E-state index contributed by atoms with van der Waals surface area (Å²) >= 11 is 0. The highest BCUT2D eigenvalue weighted by Gasteiger charge is 2.35. The molecule has 0 radical (unpaired) electrons. The first kappa shape index (κ1) is 20.0. The molecule has 24 heavy (non-hydrogen) atoms. The van der Waals surface area contributed by atoms with Crippen molar-refractivity contribution in [1.82, 2.24) is 10.2 Å². The van der Waals surface area contributed by atoms with Crippen molar-refractivity contribution in [3.05, 3.63) is 0 Å². The minimum Gasteiger partial charge on any atom is -0.460 e. The zero-order valence-electron chi connectivity index (χ0n) is 14.8. The molecule has 1 aliphatic rings. The molecule has 132 valence electrons. The van der Waals surface area contributed by atoms with Crippen LogP contribution in [0.3, 0.4) is 0 Å². The van der Waals surface area contributed by atoms with Crippen molar-refractivity contribution in [2.45, 2.75) is 70.6 Å². The number of hydrogen-bond acceptors (Lipinski definition) is 5. The summed E-state index contributed by atoms with van der Waals surface area (Å²) < 4.78 is 5.23. The number of nitrogens with zero attached hydrogens (tertiary/aromatic N) is 2. The SMILES string of the molecule is C#CC1CCC(C#N)N1C(=O)CNCCCCC(=O)OC(C)(C)C. The lowest BCUT2D eigenvalue weighted by Crippen LogP contribution is -2.44. The van der Waals surface area contributed by atoms with Gasteiger partial charge in [0.25, 0.3) is 0 Å². The van der Waals surface area contributed by atoms with E-state index in [4.69, 9.17) is 16.4 Å². The molecular formula is C18H27N3O3. The third-order valence-corrected chi connectivity index (χ3v) is 3.70. The van der Waals surface area contributed by atoms with Crippen LogP contribution in [0.15, 0.2) is 0 Å². The fraction of sp³-hybridized carbons (Fsp3) is 0.722. The summed E-state index contributed by atoms with van der Waals surface area (Å²) in [4.78, 5) is 25.3. The monoisotopic (exact) mass is 333 g/mol. The van der Waals surface area contributed by atoms with Gasteiger partial charge in [-0.15, -0.1) is 6.42 Å². The third-order valence-electron chi connectivity index (χ3n) is 3.70. The molecule has 0 spiro atoms. The smallest absolute Gasteiger partial charge is 0.306 e. The number of nitrogens with one attached hydrogen (secondary N) is 1. The van der Waals surface area contributed by atoms with Crippen molar-refractivity contribution >= 4 is 11.9 Å². The van der Waals surface area contributed by atoms with Crippen molar-refractivity contribution in [2.24, 2.45) is 0 Å². The molecule has 1 aliphatic heterocycles. The first-order valence-corrected chi connectivity index (χ1v) is 8.38. The standard InChI is InChI=1S/C18H27N3O3/c1-5-14-9-10-15(12-19)21(14)16(22)13-20-11-7-6-8-17(23)24-18(2,3)4/h1,14-15,20H,6-11,13H2,2-4H3. The van der Waals surface area contributed by atoms with Crippen LogP contribution >= 0.6 is 0 Å². The van der Waals surface area contributed by atoms with Gasteiger partial charge in [0.2, 0.25) is 5.91 Å². The number of rotatable bonds is 7. The molecule has 1 heterocycles. The number of esters is 1. The molecule has 1 amide bonds. The fourth-order valence-electron chi connectivity index (χ4n) is 2.65. The largest absolute Gasteiger partial charge is 0.460 e. The zero-order valence-corrected chi connectivity index (χ0v) is 14.8. The first-order chi connectivity index (χ1) is 11.3. The normalized spacial score (nSPS) is 20.3. The van der Waals surface area contributed by atoms with Crippen LogP contribution < -0.4 is 5.32 Å². The molecule has 2 atom stereocenters. The van der Waals surface area contributed by atoms with E-state index in [2.05, 4.69) is 17.3 Å². The number of carbonyl (C=O) groups is 2. The second kappa shape index (κ2) is 9.30.